The van der Waals surface area contributed by atoms with Crippen LogP contribution in [-0.2, 0) is 0 Å². The Hall–Kier alpha value is -1.43. The van der Waals surface area contributed by atoms with E-state index in [4.69, 9.17) is 34.3 Å². The number of nitrogens with two attached hydrogens (primary N) is 1. The molecular weight excluding hydrogens is 324 g/mol. The Kier molecular flexibility index (Phi) is 5.33. The maximum atomic E-state index is 6.22. The number of thioether (sulfide) groups is 1. The molecule has 0 saturated carbocycles. The van der Waals surface area contributed by atoms with Crippen molar-refractivity contribution in [3.63, 3.8) is 0 Å². The highest BCUT2D eigenvalue weighted by Crippen LogP contribution is 2.33. The summed E-state index contributed by atoms with van der Waals surface area (Å²) in [6, 6.07) is 11.3. The Morgan fingerprint density at radius 3 is 2.67 bits per heavy atom. The summed E-state index contributed by atoms with van der Waals surface area (Å²) in [6.07, 6.45) is 1.99. The Labute approximate surface area is 138 Å². The van der Waals surface area contributed by atoms with E-state index in [-0.39, 0.29) is 0 Å². The van der Waals surface area contributed by atoms with E-state index in [2.05, 4.69) is 5.32 Å². The number of ether oxygens (including phenoxy) is 1. The van der Waals surface area contributed by atoms with Crippen molar-refractivity contribution in [3.8, 4) is 5.75 Å². The molecule has 0 spiro atoms. The number of thiocarbonyl (C=S) groups is 1. The molecule has 0 bridgehead atoms. The van der Waals surface area contributed by atoms with Gasteiger partial charge in [0.05, 0.1) is 17.8 Å². The van der Waals surface area contributed by atoms with Crippen molar-refractivity contribution >= 4 is 51.9 Å². The number of hydrogen-bond donors (Lipinski definition) is 2. The lowest BCUT2D eigenvalue weighted by molar-refractivity contribution is 0.415. The first kappa shape index (κ1) is 15.9. The van der Waals surface area contributed by atoms with E-state index in [1.54, 1.807) is 31.0 Å². The van der Waals surface area contributed by atoms with Gasteiger partial charge in [-0.1, -0.05) is 29.9 Å². The zero-order valence-electron chi connectivity index (χ0n) is 11.6. The van der Waals surface area contributed by atoms with Gasteiger partial charge in [-0.2, -0.15) is 0 Å². The molecule has 2 aromatic carbocycles. The molecule has 0 aliphatic heterocycles. The summed E-state index contributed by atoms with van der Waals surface area (Å²) in [5, 5.41) is 3.88. The first-order valence-corrected chi connectivity index (χ1v) is 8.15. The fourth-order valence-corrected chi connectivity index (χ4v) is 3.02. The topological polar surface area (TPSA) is 47.3 Å². The van der Waals surface area contributed by atoms with Crippen LogP contribution in [0.5, 0.6) is 5.75 Å². The van der Waals surface area contributed by atoms with Gasteiger partial charge in [0.2, 0.25) is 0 Å². The molecule has 21 heavy (non-hydrogen) atoms. The van der Waals surface area contributed by atoms with E-state index in [9.17, 15) is 0 Å². The quantitative estimate of drug-likeness (QED) is 0.623. The molecule has 0 radical (unpaired) electrons. The minimum Gasteiger partial charge on any atom is -0.497 e. The molecule has 0 aliphatic rings. The molecular formula is C15H15ClN2OS2. The average molecular weight is 339 g/mol. The van der Waals surface area contributed by atoms with Gasteiger partial charge < -0.3 is 15.8 Å². The second-order valence-electron chi connectivity index (χ2n) is 4.22. The van der Waals surface area contributed by atoms with Crippen molar-refractivity contribution in [2.24, 2.45) is 5.73 Å². The fraction of sp³-hybridized carbons (Fsp3) is 0.133. The molecule has 0 heterocycles. The van der Waals surface area contributed by atoms with E-state index in [1.165, 1.54) is 0 Å². The molecule has 0 fully saturated rings. The highest BCUT2D eigenvalue weighted by atomic mass is 35.5. The molecule has 0 aromatic heterocycles. The molecule has 0 atom stereocenters. The van der Waals surface area contributed by atoms with Gasteiger partial charge in [0.15, 0.2) is 0 Å². The highest BCUT2D eigenvalue weighted by molar-refractivity contribution is 7.98. The van der Waals surface area contributed by atoms with E-state index < -0.39 is 0 Å². The van der Waals surface area contributed by atoms with Crippen LogP contribution in [0.4, 0.5) is 11.4 Å². The molecule has 0 saturated heterocycles. The van der Waals surface area contributed by atoms with Crippen LogP contribution in [-0.4, -0.2) is 18.4 Å². The second-order valence-corrected chi connectivity index (χ2v) is 5.91. The lowest BCUT2D eigenvalue weighted by Gasteiger charge is -2.15. The third-order valence-electron chi connectivity index (χ3n) is 2.94. The number of anilines is 2. The zero-order chi connectivity index (χ0) is 15.4. The highest BCUT2D eigenvalue weighted by Gasteiger charge is 2.12. The van der Waals surface area contributed by atoms with Crippen LogP contribution >= 0.6 is 35.6 Å². The maximum absolute atomic E-state index is 6.22. The summed E-state index contributed by atoms with van der Waals surface area (Å²) >= 11 is 13.0. The Bertz CT molecular complexity index is 677. The van der Waals surface area contributed by atoms with Crippen molar-refractivity contribution < 1.29 is 4.74 Å². The average Bonchev–Trinajstić information content (AvgIpc) is 2.48. The van der Waals surface area contributed by atoms with Gasteiger partial charge >= 0.3 is 0 Å². The predicted octanol–water partition coefficient (Wildman–Crippen LogP) is 4.45. The van der Waals surface area contributed by atoms with Gasteiger partial charge in [0, 0.05) is 22.2 Å². The van der Waals surface area contributed by atoms with Crippen molar-refractivity contribution in [3.05, 3.63) is 47.0 Å². The van der Waals surface area contributed by atoms with E-state index >= 15 is 0 Å². The molecule has 3 N–H and O–H groups in total. The van der Waals surface area contributed by atoms with Crippen molar-refractivity contribution in [2.45, 2.75) is 4.90 Å². The van der Waals surface area contributed by atoms with Gasteiger partial charge in [0.25, 0.3) is 0 Å². The number of nitrogens with one attached hydrogen (secondary N) is 1. The summed E-state index contributed by atoms with van der Waals surface area (Å²) in [4.78, 5) is 1.37. The molecule has 0 amide bonds. The summed E-state index contributed by atoms with van der Waals surface area (Å²) in [6.45, 7) is 0. The predicted molar refractivity (Wildman–Crippen MR) is 95.4 cm³/mol. The number of benzene rings is 2. The van der Waals surface area contributed by atoms with Crippen LogP contribution in [0.1, 0.15) is 5.56 Å². The van der Waals surface area contributed by atoms with Crippen LogP contribution in [0, 0.1) is 0 Å². The lowest BCUT2D eigenvalue weighted by atomic mass is 10.1. The number of methoxy groups -OCH3 is 1. The van der Waals surface area contributed by atoms with Gasteiger partial charge in [-0.3, -0.25) is 0 Å². The Balaban J connectivity index is 2.47. The SMILES string of the molecule is COc1ccc(Cl)c(Nc2cccc(SC)c2C(N)=S)c1. The third-order valence-corrected chi connectivity index (χ3v) is 4.25. The summed E-state index contributed by atoms with van der Waals surface area (Å²) in [5.41, 5.74) is 8.24. The molecule has 110 valence electrons. The van der Waals surface area contributed by atoms with Crippen LogP contribution in [0.15, 0.2) is 41.3 Å². The van der Waals surface area contributed by atoms with Crippen LogP contribution in [0.3, 0.4) is 0 Å². The maximum Gasteiger partial charge on any atom is 0.121 e. The number of halogens is 1. The minimum atomic E-state index is 0.349. The molecule has 0 aliphatic carbocycles. The normalized spacial score (nSPS) is 10.2. The third kappa shape index (κ3) is 3.61. The minimum absolute atomic E-state index is 0.349. The lowest BCUT2D eigenvalue weighted by Crippen LogP contribution is -2.13. The monoisotopic (exact) mass is 338 g/mol. The molecule has 0 unspecified atom stereocenters. The largest absolute Gasteiger partial charge is 0.497 e. The molecule has 6 heteroatoms. The summed E-state index contributed by atoms with van der Waals surface area (Å²) < 4.78 is 5.22. The van der Waals surface area contributed by atoms with Crippen LogP contribution in [0.2, 0.25) is 5.02 Å². The summed E-state index contributed by atoms with van der Waals surface area (Å²) in [7, 11) is 1.61. The van der Waals surface area contributed by atoms with Crippen LogP contribution < -0.4 is 15.8 Å². The number of hydrogen-bond acceptors (Lipinski definition) is 4. The van der Waals surface area contributed by atoms with Crippen molar-refractivity contribution in [1.29, 1.82) is 0 Å². The first-order chi connectivity index (χ1) is 10.1. The molecule has 3 nitrogen and oxygen atoms in total. The second kappa shape index (κ2) is 7.02. The fourth-order valence-electron chi connectivity index (χ4n) is 1.93. The van der Waals surface area contributed by atoms with Gasteiger partial charge in [-0.05, 0) is 30.5 Å². The Morgan fingerprint density at radius 2 is 2.05 bits per heavy atom. The zero-order valence-corrected chi connectivity index (χ0v) is 14.0. The van der Waals surface area contributed by atoms with Crippen molar-refractivity contribution in [1.82, 2.24) is 0 Å². The van der Waals surface area contributed by atoms with E-state index in [0.717, 1.165) is 27.6 Å². The van der Waals surface area contributed by atoms with Gasteiger partial charge in [-0.25, -0.2) is 0 Å². The van der Waals surface area contributed by atoms with Crippen molar-refractivity contribution in [2.75, 3.05) is 18.7 Å². The number of rotatable bonds is 5. The van der Waals surface area contributed by atoms with E-state index in [1.807, 2.05) is 30.5 Å². The summed E-state index contributed by atoms with van der Waals surface area (Å²) in [5.74, 6) is 0.722. The smallest absolute Gasteiger partial charge is 0.121 e. The Morgan fingerprint density at radius 1 is 1.29 bits per heavy atom. The van der Waals surface area contributed by atoms with Gasteiger partial charge in [-0.15, -0.1) is 11.8 Å². The molecule has 2 rings (SSSR count). The standard InChI is InChI=1S/C15H15ClN2OS2/c1-19-9-6-7-10(16)12(8-9)18-11-4-3-5-13(21-2)14(11)15(17)20/h3-8,18H,1-2H3,(H2,17,20). The van der Waals surface area contributed by atoms with Gasteiger partial charge in [0.1, 0.15) is 10.7 Å². The van der Waals surface area contributed by atoms with E-state index in [0.29, 0.717) is 10.0 Å². The first-order valence-electron chi connectivity index (χ1n) is 6.14. The van der Waals surface area contributed by atoms with Crippen LogP contribution in [0.25, 0.3) is 0 Å². The molecule has 2 aromatic rings.